The second-order valence-corrected chi connectivity index (χ2v) is 5.56. The topological polar surface area (TPSA) is 190 Å². The predicted molar refractivity (Wildman–Crippen MR) is 68.6 cm³/mol. The van der Waals surface area contributed by atoms with Crippen LogP contribution in [0.2, 0.25) is 0 Å². The Balaban J connectivity index is 2.18. The Bertz CT molecular complexity index is 393. The molecule has 11 nitrogen and oxygen atoms in total. The highest BCUT2D eigenvalue weighted by atomic mass is 16.8. The van der Waals surface area contributed by atoms with Crippen LogP contribution in [0.25, 0.3) is 0 Å². The van der Waals surface area contributed by atoms with Crippen molar-refractivity contribution in [2.24, 2.45) is 0 Å². The first-order chi connectivity index (χ1) is 10.8. The van der Waals surface area contributed by atoms with Gasteiger partial charge in [0.1, 0.15) is 49.3 Å². The van der Waals surface area contributed by atoms with E-state index in [0.717, 1.165) is 0 Å². The van der Waals surface area contributed by atoms with Crippen molar-refractivity contribution in [3.05, 3.63) is 0 Å². The minimum atomic E-state index is -2.22. The molecule has 0 aromatic heterocycles. The van der Waals surface area contributed by atoms with Crippen molar-refractivity contribution in [2.75, 3.05) is 19.8 Å². The van der Waals surface area contributed by atoms with Crippen LogP contribution >= 0.6 is 0 Å². The third-order valence-corrected chi connectivity index (χ3v) is 4.07. The summed E-state index contributed by atoms with van der Waals surface area (Å²) in [4.78, 5) is 0. The van der Waals surface area contributed by atoms with Crippen molar-refractivity contribution < 1.29 is 55.1 Å². The molecule has 23 heavy (non-hydrogen) atoms. The van der Waals surface area contributed by atoms with E-state index in [2.05, 4.69) is 0 Å². The number of rotatable bonds is 5. The molecular weight excluding hydrogens is 320 g/mol. The van der Waals surface area contributed by atoms with E-state index in [1.165, 1.54) is 0 Å². The minimum Gasteiger partial charge on any atom is -0.394 e. The van der Waals surface area contributed by atoms with E-state index in [1.54, 1.807) is 0 Å². The Labute approximate surface area is 130 Å². The highest BCUT2D eigenvalue weighted by molar-refractivity contribution is 4.98. The minimum absolute atomic E-state index is 0.669. The van der Waals surface area contributed by atoms with Gasteiger partial charge in [-0.25, -0.2) is 0 Å². The molecule has 0 unspecified atom stereocenters. The van der Waals surface area contributed by atoms with Gasteiger partial charge in [0.25, 0.3) is 0 Å². The lowest BCUT2D eigenvalue weighted by molar-refractivity contribution is -0.383. The van der Waals surface area contributed by atoms with E-state index in [9.17, 15) is 30.6 Å². The summed E-state index contributed by atoms with van der Waals surface area (Å²) >= 11 is 0. The summed E-state index contributed by atoms with van der Waals surface area (Å²) in [5.41, 5.74) is 0. The summed E-state index contributed by atoms with van der Waals surface area (Å²) < 4.78 is 15.4. The molecule has 0 bridgehead atoms. The third-order valence-electron chi connectivity index (χ3n) is 4.07. The van der Waals surface area contributed by atoms with Gasteiger partial charge in [0, 0.05) is 0 Å². The number of aliphatic hydroxyl groups excluding tert-OH is 8. The van der Waals surface area contributed by atoms with Gasteiger partial charge >= 0.3 is 0 Å². The first-order valence-electron chi connectivity index (χ1n) is 7.05. The smallest absolute Gasteiger partial charge is 0.224 e. The lowest BCUT2D eigenvalue weighted by Crippen LogP contribution is -2.62. The molecule has 2 aliphatic rings. The van der Waals surface area contributed by atoms with Gasteiger partial charge in [-0.2, -0.15) is 0 Å². The van der Waals surface area contributed by atoms with E-state index in [0.29, 0.717) is 0 Å². The average molecular weight is 342 g/mol. The van der Waals surface area contributed by atoms with Gasteiger partial charge in [0.2, 0.25) is 5.79 Å². The number of ether oxygens (including phenoxy) is 3. The third kappa shape index (κ3) is 3.23. The van der Waals surface area contributed by atoms with Crippen LogP contribution in [0.5, 0.6) is 0 Å². The molecule has 2 saturated heterocycles. The van der Waals surface area contributed by atoms with E-state index >= 15 is 0 Å². The first-order valence-corrected chi connectivity index (χ1v) is 7.05. The molecule has 11 heteroatoms. The first kappa shape index (κ1) is 18.9. The fraction of sp³-hybridized carbons (Fsp3) is 1.00. The Kier molecular flexibility index (Phi) is 5.92. The van der Waals surface area contributed by atoms with Crippen molar-refractivity contribution in [2.45, 2.75) is 54.8 Å². The van der Waals surface area contributed by atoms with Gasteiger partial charge in [0.15, 0.2) is 6.29 Å². The quantitative estimate of drug-likeness (QED) is 0.238. The molecule has 0 aliphatic carbocycles. The maximum Gasteiger partial charge on any atom is 0.224 e. The molecule has 0 radical (unpaired) electrons. The van der Waals surface area contributed by atoms with E-state index in [4.69, 9.17) is 24.4 Å². The summed E-state index contributed by atoms with van der Waals surface area (Å²) in [7, 11) is 0. The van der Waals surface area contributed by atoms with Crippen LogP contribution in [0.4, 0.5) is 0 Å². The molecule has 0 spiro atoms. The molecule has 9 atom stereocenters. The zero-order chi connectivity index (χ0) is 17.4. The van der Waals surface area contributed by atoms with Crippen LogP contribution in [-0.2, 0) is 14.2 Å². The molecule has 2 rings (SSSR count). The zero-order valence-electron chi connectivity index (χ0n) is 12.0. The fourth-order valence-corrected chi connectivity index (χ4v) is 2.63. The van der Waals surface area contributed by atoms with Crippen molar-refractivity contribution >= 4 is 0 Å². The largest absolute Gasteiger partial charge is 0.394 e. The molecule has 0 saturated carbocycles. The molecule has 0 amide bonds. The predicted octanol–water partition coefficient (Wildman–Crippen LogP) is -5.40. The Morgan fingerprint density at radius 1 is 0.783 bits per heavy atom. The molecule has 136 valence electrons. The molecule has 0 aromatic rings. The van der Waals surface area contributed by atoms with E-state index < -0.39 is 74.6 Å². The monoisotopic (exact) mass is 342 g/mol. The zero-order valence-corrected chi connectivity index (χ0v) is 12.0. The van der Waals surface area contributed by atoms with Crippen molar-refractivity contribution in [3.63, 3.8) is 0 Å². The molecule has 2 heterocycles. The SMILES string of the molecule is OC[C@H]1O[C@H](O[C@]2(CO)O[C@H](CO)[C@@H](O)[C@@H]2O)[C@H](O)[C@@H](O)[C@H]1O. The fourth-order valence-electron chi connectivity index (χ4n) is 2.63. The summed E-state index contributed by atoms with van der Waals surface area (Å²) in [6.07, 6.45) is -12.7. The Hall–Kier alpha value is -0.440. The van der Waals surface area contributed by atoms with Crippen molar-refractivity contribution in [1.82, 2.24) is 0 Å². The molecule has 2 fully saturated rings. The van der Waals surface area contributed by atoms with Gasteiger partial charge in [0.05, 0.1) is 13.2 Å². The van der Waals surface area contributed by atoms with Crippen molar-refractivity contribution in [3.8, 4) is 0 Å². The van der Waals surface area contributed by atoms with E-state index in [-0.39, 0.29) is 0 Å². The Morgan fingerprint density at radius 2 is 1.39 bits per heavy atom. The van der Waals surface area contributed by atoms with Crippen LogP contribution in [0.15, 0.2) is 0 Å². The maximum atomic E-state index is 10.00. The van der Waals surface area contributed by atoms with Crippen LogP contribution in [0, 0.1) is 0 Å². The summed E-state index contributed by atoms with van der Waals surface area (Å²) in [6, 6.07) is 0. The highest BCUT2D eigenvalue weighted by Crippen LogP contribution is 2.35. The maximum absolute atomic E-state index is 10.00. The molecule has 8 N–H and O–H groups in total. The summed E-state index contributed by atoms with van der Waals surface area (Å²) in [5.74, 6) is -2.22. The van der Waals surface area contributed by atoms with E-state index in [1.807, 2.05) is 0 Å². The van der Waals surface area contributed by atoms with Crippen LogP contribution in [0.3, 0.4) is 0 Å². The second kappa shape index (κ2) is 7.21. The second-order valence-electron chi connectivity index (χ2n) is 5.56. The summed E-state index contributed by atoms with van der Waals surface area (Å²) in [5, 5.41) is 76.7. The molecule has 0 aromatic carbocycles. The van der Waals surface area contributed by atoms with Gasteiger partial charge in [-0.1, -0.05) is 0 Å². The van der Waals surface area contributed by atoms with Gasteiger partial charge in [-0.3, -0.25) is 0 Å². The van der Waals surface area contributed by atoms with Crippen LogP contribution < -0.4 is 0 Å². The summed E-state index contributed by atoms with van der Waals surface area (Å²) in [6.45, 7) is -2.32. The molecule has 2 aliphatic heterocycles. The van der Waals surface area contributed by atoms with Gasteiger partial charge in [-0.15, -0.1) is 0 Å². The van der Waals surface area contributed by atoms with Crippen molar-refractivity contribution in [1.29, 1.82) is 0 Å². The number of aliphatic hydroxyl groups is 8. The standard InChI is InChI=1S/C12H22O11/c13-1-4-6(16)8(18)9(19)11(21-4)23-12(3-15)10(20)7(17)5(2-14)22-12/h4-11,13-20H,1-3H2/t4-,5-,6+,7-,8+,9-,10+,11-,12+/m1/s1. The normalized spacial score (nSPS) is 51.1. The lowest BCUT2D eigenvalue weighted by Gasteiger charge is -2.43. The van der Waals surface area contributed by atoms with Crippen LogP contribution in [-0.4, -0.2) is 115 Å². The number of hydrogen-bond donors (Lipinski definition) is 8. The van der Waals surface area contributed by atoms with Gasteiger partial charge in [-0.05, 0) is 0 Å². The Morgan fingerprint density at radius 3 is 1.87 bits per heavy atom. The van der Waals surface area contributed by atoms with Gasteiger partial charge < -0.3 is 55.1 Å². The lowest BCUT2D eigenvalue weighted by atomic mass is 9.99. The highest BCUT2D eigenvalue weighted by Gasteiger charge is 2.58. The van der Waals surface area contributed by atoms with Crippen LogP contribution in [0.1, 0.15) is 0 Å². The average Bonchev–Trinajstić information content (AvgIpc) is 2.80. The molecular formula is C12H22O11. The number of hydrogen-bond acceptors (Lipinski definition) is 11.